The molecule has 4 rings (SSSR count). The van der Waals surface area contributed by atoms with E-state index in [1.165, 1.54) is 30.3 Å². The zero-order valence-electron chi connectivity index (χ0n) is 21.2. The second-order valence-corrected chi connectivity index (χ2v) is 10.1. The lowest BCUT2D eigenvalue weighted by atomic mass is 9.83. The van der Waals surface area contributed by atoms with Crippen LogP contribution in [0.4, 0.5) is 23.2 Å². The molecule has 2 aromatic carbocycles. The van der Waals surface area contributed by atoms with Crippen molar-refractivity contribution in [3.05, 3.63) is 82.7 Å². The minimum atomic E-state index is -4.38. The van der Waals surface area contributed by atoms with E-state index >= 15 is 4.39 Å². The smallest absolute Gasteiger partial charge is 0.371 e. The highest BCUT2D eigenvalue weighted by atomic mass is 19.4. The van der Waals surface area contributed by atoms with E-state index in [2.05, 4.69) is 28.2 Å². The monoisotopic (exact) mass is 510 g/mol. The molecule has 1 saturated heterocycles. The van der Waals surface area contributed by atoms with Gasteiger partial charge < -0.3 is 4.90 Å². The molecule has 194 valence electrons. The Morgan fingerprint density at radius 3 is 2.38 bits per heavy atom. The quantitative estimate of drug-likeness (QED) is 0.327. The minimum absolute atomic E-state index is 0.120. The van der Waals surface area contributed by atoms with E-state index in [4.69, 9.17) is 5.26 Å². The van der Waals surface area contributed by atoms with Crippen molar-refractivity contribution in [3.8, 4) is 6.07 Å². The Hall–Kier alpha value is -3.60. The van der Waals surface area contributed by atoms with E-state index in [1.54, 1.807) is 10.7 Å². The zero-order valence-corrected chi connectivity index (χ0v) is 21.2. The maximum Gasteiger partial charge on any atom is 0.397 e. The first-order chi connectivity index (χ1) is 17.5. The van der Waals surface area contributed by atoms with Gasteiger partial charge in [0.1, 0.15) is 5.69 Å². The van der Waals surface area contributed by atoms with Gasteiger partial charge in [-0.25, -0.2) is 4.39 Å². The van der Waals surface area contributed by atoms with Gasteiger partial charge in [-0.2, -0.15) is 23.5 Å². The molecule has 4 nitrogen and oxygen atoms in total. The maximum atomic E-state index is 15.0. The number of aryl methyl sites for hydroxylation is 1. The van der Waals surface area contributed by atoms with Crippen molar-refractivity contribution >= 4 is 17.6 Å². The number of hydrogen-bond acceptors (Lipinski definition) is 3. The number of hydrogen-bond donors (Lipinski definition) is 0. The largest absolute Gasteiger partial charge is 0.397 e. The van der Waals surface area contributed by atoms with Crippen LogP contribution < -0.4 is 4.90 Å². The topological polar surface area (TPSA) is 44.9 Å². The van der Waals surface area contributed by atoms with Crippen LogP contribution in [0.3, 0.4) is 0 Å². The van der Waals surface area contributed by atoms with Crippen molar-refractivity contribution in [2.45, 2.75) is 51.7 Å². The highest BCUT2D eigenvalue weighted by Crippen LogP contribution is 2.40. The number of nitrogens with zero attached hydrogens (tertiary/aromatic N) is 4. The van der Waals surface area contributed by atoms with Crippen molar-refractivity contribution in [3.63, 3.8) is 0 Å². The van der Waals surface area contributed by atoms with Crippen molar-refractivity contribution < 1.29 is 17.6 Å². The lowest BCUT2D eigenvalue weighted by Crippen LogP contribution is -2.36. The molecule has 37 heavy (non-hydrogen) atoms. The fourth-order valence-corrected chi connectivity index (χ4v) is 4.46. The summed E-state index contributed by atoms with van der Waals surface area (Å²) in [5.41, 5.74) is 1.68. The summed E-state index contributed by atoms with van der Waals surface area (Å²) in [6.45, 7) is 6.27. The minimum Gasteiger partial charge on any atom is -0.371 e. The van der Waals surface area contributed by atoms with Crippen LogP contribution in [0.5, 0.6) is 0 Å². The predicted molar refractivity (Wildman–Crippen MR) is 138 cm³/mol. The summed E-state index contributed by atoms with van der Waals surface area (Å²) in [4.78, 5) is 2.28. The summed E-state index contributed by atoms with van der Waals surface area (Å²) in [5, 5.41) is 13.6. The molecule has 0 atom stereocenters. The Kier molecular flexibility index (Phi) is 7.44. The third-order valence-electron chi connectivity index (χ3n) is 7.15. The van der Waals surface area contributed by atoms with Gasteiger partial charge in [0.05, 0.1) is 18.0 Å². The second kappa shape index (κ2) is 10.4. The van der Waals surface area contributed by atoms with E-state index in [-0.39, 0.29) is 17.2 Å². The highest BCUT2D eigenvalue weighted by Gasteiger charge is 2.48. The summed E-state index contributed by atoms with van der Waals surface area (Å²) in [7, 11) is 0. The van der Waals surface area contributed by atoms with Crippen LogP contribution in [-0.2, 0) is 12.0 Å². The maximum absolute atomic E-state index is 15.0. The molecule has 1 aliphatic heterocycles. The zero-order chi connectivity index (χ0) is 26.8. The number of anilines is 1. The number of nitriles is 1. The Bertz CT molecular complexity index is 1300. The number of alkyl halides is 3. The van der Waals surface area contributed by atoms with Crippen LogP contribution in [0, 0.1) is 24.2 Å². The molecule has 1 aromatic heterocycles. The normalized spacial score (nSPS) is 15.6. The van der Waals surface area contributed by atoms with Crippen molar-refractivity contribution in [2.75, 3.05) is 18.0 Å². The lowest BCUT2D eigenvalue weighted by molar-refractivity contribution is -0.180. The molecule has 0 radical (unpaired) electrons. The summed E-state index contributed by atoms with van der Waals surface area (Å²) in [6.07, 6.45) is -1.39. The number of benzene rings is 2. The average Bonchev–Trinajstić information content (AvgIpc) is 3.24. The molecule has 0 amide bonds. The van der Waals surface area contributed by atoms with E-state index in [0.717, 1.165) is 56.7 Å². The molecule has 1 aliphatic rings. The summed E-state index contributed by atoms with van der Waals surface area (Å²) in [6, 6.07) is 17.9. The fourth-order valence-electron chi connectivity index (χ4n) is 4.46. The van der Waals surface area contributed by atoms with Crippen LogP contribution in [0.25, 0.3) is 11.9 Å². The van der Waals surface area contributed by atoms with Crippen LogP contribution >= 0.6 is 0 Å². The molecule has 0 N–H and O–H groups in total. The van der Waals surface area contributed by atoms with Gasteiger partial charge >= 0.3 is 6.18 Å². The first kappa shape index (κ1) is 26.5. The lowest BCUT2D eigenvalue weighted by Gasteiger charge is -2.31. The van der Waals surface area contributed by atoms with Gasteiger partial charge in [0.15, 0.2) is 5.83 Å². The van der Waals surface area contributed by atoms with E-state index < -0.39 is 17.4 Å². The van der Waals surface area contributed by atoms with Crippen molar-refractivity contribution in [1.29, 1.82) is 5.26 Å². The van der Waals surface area contributed by atoms with Crippen molar-refractivity contribution in [1.82, 2.24) is 9.78 Å². The SMILES string of the molecule is Cc1cc(/C(F)=C/c2ccc(C(C)(C)C(F)(F)F)cc2)nn1Cc1cccc(N2CCC(C#N)CC2)c1. The molecule has 2 heterocycles. The molecule has 0 saturated carbocycles. The van der Waals surface area contributed by atoms with Crippen LogP contribution in [-0.4, -0.2) is 29.0 Å². The average molecular weight is 511 g/mol. The predicted octanol–water partition coefficient (Wildman–Crippen LogP) is 7.29. The molecule has 0 unspecified atom stereocenters. The van der Waals surface area contributed by atoms with E-state index in [0.29, 0.717) is 12.1 Å². The fraction of sp³-hybridized carbons (Fsp3) is 0.379. The van der Waals surface area contributed by atoms with Crippen LogP contribution in [0.15, 0.2) is 54.6 Å². The number of aromatic nitrogens is 2. The van der Waals surface area contributed by atoms with Gasteiger partial charge in [-0.3, -0.25) is 4.68 Å². The van der Waals surface area contributed by atoms with Gasteiger partial charge in [-0.1, -0.05) is 36.4 Å². The Morgan fingerprint density at radius 1 is 1.08 bits per heavy atom. The third kappa shape index (κ3) is 5.87. The van der Waals surface area contributed by atoms with Crippen LogP contribution in [0.2, 0.25) is 0 Å². The van der Waals surface area contributed by atoms with Gasteiger partial charge in [-0.05, 0) is 74.6 Å². The van der Waals surface area contributed by atoms with Crippen LogP contribution in [0.1, 0.15) is 54.8 Å². The molecule has 8 heteroatoms. The van der Waals surface area contributed by atoms with Gasteiger partial charge in [0.25, 0.3) is 0 Å². The highest BCUT2D eigenvalue weighted by molar-refractivity contribution is 5.75. The Balaban J connectivity index is 1.47. The molecule has 0 aliphatic carbocycles. The molecule has 0 spiro atoms. The van der Waals surface area contributed by atoms with Gasteiger partial charge in [0, 0.05) is 30.4 Å². The first-order valence-corrected chi connectivity index (χ1v) is 12.3. The molecule has 0 bridgehead atoms. The van der Waals surface area contributed by atoms with Gasteiger partial charge in [0.2, 0.25) is 0 Å². The molecular formula is C29H30F4N4. The van der Waals surface area contributed by atoms with E-state index in [1.807, 2.05) is 19.1 Å². The number of rotatable bonds is 6. The molecular weight excluding hydrogens is 480 g/mol. The summed E-state index contributed by atoms with van der Waals surface area (Å²) >= 11 is 0. The Labute approximate surface area is 214 Å². The number of halogens is 4. The standard InChI is InChI=1S/C29H30F4N4/c1-20-15-27(26(30)17-21-7-9-24(10-8-21)28(2,3)29(31,32)33)35-37(20)19-23-5-4-6-25(16-23)36-13-11-22(18-34)12-14-36/h4-10,15-17,22H,11-14,19H2,1-3H3/b26-17-. The third-order valence-corrected chi connectivity index (χ3v) is 7.15. The first-order valence-electron chi connectivity index (χ1n) is 12.3. The van der Waals surface area contributed by atoms with Crippen molar-refractivity contribution in [2.24, 2.45) is 5.92 Å². The summed E-state index contributed by atoms with van der Waals surface area (Å²) in [5.74, 6) is -0.434. The van der Waals surface area contributed by atoms with E-state index in [9.17, 15) is 13.2 Å². The number of piperidine rings is 1. The second-order valence-electron chi connectivity index (χ2n) is 10.1. The summed E-state index contributed by atoms with van der Waals surface area (Å²) < 4.78 is 56.6. The Morgan fingerprint density at radius 2 is 1.76 bits per heavy atom. The molecule has 1 fully saturated rings. The van der Waals surface area contributed by atoms with Gasteiger partial charge in [-0.15, -0.1) is 0 Å². The molecule has 3 aromatic rings.